The highest BCUT2D eigenvalue weighted by Crippen LogP contribution is 2.59. The highest BCUT2D eigenvalue weighted by molar-refractivity contribution is 5.23. The fourth-order valence-electron chi connectivity index (χ4n) is 2.92. The van der Waals surface area contributed by atoms with Crippen molar-refractivity contribution in [1.82, 2.24) is 0 Å². The van der Waals surface area contributed by atoms with E-state index in [1.165, 1.54) is 12.8 Å². The van der Waals surface area contributed by atoms with E-state index in [4.69, 9.17) is 5.73 Å². The summed E-state index contributed by atoms with van der Waals surface area (Å²) in [4.78, 5) is 0. The minimum atomic E-state index is 0.583. The predicted octanol–water partition coefficient (Wildman–Crippen LogP) is 2.33. The van der Waals surface area contributed by atoms with Crippen LogP contribution in [0, 0.1) is 17.3 Å². The Kier molecular flexibility index (Phi) is 1.80. The minimum absolute atomic E-state index is 0.583. The molecule has 3 aliphatic carbocycles. The molecule has 0 heterocycles. The Balaban J connectivity index is 2.13. The van der Waals surface area contributed by atoms with Crippen LogP contribution in [0.2, 0.25) is 0 Å². The van der Waals surface area contributed by atoms with Gasteiger partial charge in [-0.05, 0) is 43.1 Å². The third-order valence-electron chi connectivity index (χ3n) is 4.02. The topological polar surface area (TPSA) is 26.0 Å². The van der Waals surface area contributed by atoms with Crippen LogP contribution in [0.1, 0.15) is 33.1 Å². The van der Waals surface area contributed by atoms with Crippen LogP contribution >= 0.6 is 0 Å². The zero-order valence-electron chi connectivity index (χ0n) is 8.14. The van der Waals surface area contributed by atoms with Gasteiger partial charge < -0.3 is 5.73 Å². The van der Waals surface area contributed by atoms with Gasteiger partial charge in [-0.2, -0.15) is 0 Å². The largest absolute Gasteiger partial charge is 0.330 e. The van der Waals surface area contributed by atoms with Crippen LogP contribution in [-0.2, 0) is 0 Å². The summed E-state index contributed by atoms with van der Waals surface area (Å²) >= 11 is 0. The second kappa shape index (κ2) is 2.59. The van der Waals surface area contributed by atoms with E-state index in [0.29, 0.717) is 5.41 Å². The van der Waals surface area contributed by atoms with E-state index in [2.05, 4.69) is 19.9 Å². The van der Waals surface area contributed by atoms with Crippen molar-refractivity contribution < 1.29 is 0 Å². The van der Waals surface area contributed by atoms with E-state index in [1.807, 2.05) is 0 Å². The molecule has 0 aromatic heterocycles. The molecule has 1 fully saturated rings. The van der Waals surface area contributed by atoms with Gasteiger partial charge in [-0.15, -0.1) is 0 Å². The van der Waals surface area contributed by atoms with E-state index >= 15 is 0 Å². The lowest BCUT2D eigenvalue weighted by atomic mass is 9.48. The highest BCUT2D eigenvalue weighted by atomic mass is 14.6. The third kappa shape index (κ3) is 0.957. The highest BCUT2D eigenvalue weighted by Gasteiger charge is 2.50. The number of allylic oxidation sites excluding steroid dienone is 1. The van der Waals surface area contributed by atoms with Crippen molar-refractivity contribution in [2.75, 3.05) is 6.54 Å². The maximum atomic E-state index is 5.59. The Morgan fingerprint density at radius 3 is 2.83 bits per heavy atom. The lowest BCUT2D eigenvalue weighted by Crippen LogP contribution is -2.48. The number of hydrogen-bond donors (Lipinski definition) is 1. The lowest BCUT2D eigenvalue weighted by molar-refractivity contribution is -0.00797. The van der Waals surface area contributed by atoms with E-state index in [0.717, 1.165) is 24.8 Å². The molecule has 3 rings (SSSR count). The molecule has 2 N–H and O–H groups in total. The Labute approximate surface area is 75.0 Å². The molecule has 68 valence electrons. The van der Waals surface area contributed by atoms with Crippen molar-refractivity contribution in [3.8, 4) is 0 Å². The van der Waals surface area contributed by atoms with Crippen LogP contribution in [0.15, 0.2) is 11.6 Å². The van der Waals surface area contributed by atoms with Crippen LogP contribution in [0.3, 0.4) is 0 Å². The summed E-state index contributed by atoms with van der Waals surface area (Å²) in [5.74, 6) is 1.82. The maximum absolute atomic E-state index is 5.59. The van der Waals surface area contributed by atoms with E-state index in [-0.39, 0.29) is 0 Å². The molecule has 0 aromatic rings. The number of hydrogen-bond acceptors (Lipinski definition) is 1. The van der Waals surface area contributed by atoms with Crippen molar-refractivity contribution in [2.24, 2.45) is 23.0 Å². The van der Waals surface area contributed by atoms with Crippen LogP contribution in [0.5, 0.6) is 0 Å². The normalized spacial score (nSPS) is 37.1. The second-order valence-corrected chi connectivity index (χ2v) is 4.86. The molecule has 0 radical (unpaired) electrons. The van der Waals surface area contributed by atoms with Crippen LogP contribution in [-0.4, -0.2) is 6.54 Å². The van der Waals surface area contributed by atoms with Crippen LogP contribution in [0.25, 0.3) is 0 Å². The summed E-state index contributed by atoms with van der Waals surface area (Å²) in [6, 6.07) is 0. The third-order valence-corrected chi connectivity index (χ3v) is 4.02. The Morgan fingerprint density at radius 2 is 2.33 bits per heavy atom. The molecule has 12 heavy (non-hydrogen) atoms. The Morgan fingerprint density at radius 1 is 1.58 bits per heavy atom. The predicted molar refractivity (Wildman–Crippen MR) is 51.7 cm³/mol. The minimum Gasteiger partial charge on any atom is -0.330 e. The zero-order valence-corrected chi connectivity index (χ0v) is 8.14. The van der Waals surface area contributed by atoms with Crippen LogP contribution < -0.4 is 5.73 Å². The Hall–Kier alpha value is -0.300. The smallest absolute Gasteiger partial charge is 0.00398 e. The van der Waals surface area contributed by atoms with Gasteiger partial charge in [-0.25, -0.2) is 0 Å². The molecule has 1 unspecified atom stereocenters. The maximum Gasteiger partial charge on any atom is -0.00398 e. The van der Waals surface area contributed by atoms with Gasteiger partial charge in [0.25, 0.3) is 0 Å². The lowest BCUT2D eigenvalue weighted by Gasteiger charge is -2.56. The molecule has 2 bridgehead atoms. The van der Waals surface area contributed by atoms with Gasteiger partial charge in [-0.1, -0.05) is 25.5 Å². The second-order valence-electron chi connectivity index (χ2n) is 4.86. The van der Waals surface area contributed by atoms with E-state index in [9.17, 15) is 0 Å². The van der Waals surface area contributed by atoms with E-state index in [1.54, 1.807) is 5.57 Å². The fourth-order valence-corrected chi connectivity index (χ4v) is 2.92. The SMILES string of the molecule is CC1(C)C2CC=C(CCN)[C@H]1C2. The zero-order chi connectivity index (χ0) is 8.77. The summed E-state index contributed by atoms with van der Waals surface area (Å²) in [7, 11) is 0. The van der Waals surface area contributed by atoms with Gasteiger partial charge in [0, 0.05) is 0 Å². The van der Waals surface area contributed by atoms with Gasteiger partial charge in [0.1, 0.15) is 0 Å². The summed E-state index contributed by atoms with van der Waals surface area (Å²) in [5.41, 5.74) is 7.81. The average molecular weight is 165 g/mol. The van der Waals surface area contributed by atoms with Crippen molar-refractivity contribution >= 4 is 0 Å². The van der Waals surface area contributed by atoms with Gasteiger partial charge in [0.05, 0.1) is 0 Å². The summed E-state index contributed by atoms with van der Waals surface area (Å²) < 4.78 is 0. The van der Waals surface area contributed by atoms with E-state index < -0.39 is 0 Å². The molecule has 1 nitrogen and oxygen atoms in total. The molecule has 2 atom stereocenters. The molecular formula is C11H19N. The molecule has 0 amide bonds. The quantitative estimate of drug-likeness (QED) is 0.624. The number of fused-ring (bicyclic) bond motifs is 1. The summed E-state index contributed by atoms with van der Waals surface area (Å²) in [6.45, 7) is 5.65. The molecule has 1 heteroatoms. The molecule has 0 aromatic carbocycles. The molecular weight excluding hydrogens is 146 g/mol. The first-order chi connectivity index (χ1) is 5.66. The monoisotopic (exact) mass is 165 g/mol. The first kappa shape index (κ1) is 8.31. The molecule has 0 saturated heterocycles. The average Bonchev–Trinajstić information content (AvgIpc) is 2.05. The van der Waals surface area contributed by atoms with Gasteiger partial charge >= 0.3 is 0 Å². The first-order valence-electron chi connectivity index (χ1n) is 5.05. The van der Waals surface area contributed by atoms with Gasteiger partial charge in [0.15, 0.2) is 0 Å². The summed E-state index contributed by atoms with van der Waals surface area (Å²) in [6.07, 6.45) is 6.30. The molecule has 3 aliphatic rings. The number of nitrogens with two attached hydrogens (primary N) is 1. The Bertz CT molecular complexity index is 215. The van der Waals surface area contributed by atoms with Crippen molar-refractivity contribution in [1.29, 1.82) is 0 Å². The molecule has 0 aliphatic heterocycles. The standard InChI is InChI=1S/C11H19N/c1-11(2)9-4-3-8(5-6-12)10(11)7-9/h3,9-10H,4-7,12H2,1-2H3/t9?,10-/m1/s1. The molecule has 0 spiro atoms. The van der Waals surface area contributed by atoms with Gasteiger partial charge in [-0.3, -0.25) is 0 Å². The van der Waals surface area contributed by atoms with Crippen molar-refractivity contribution in [3.63, 3.8) is 0 Å². The summed E-state index contributed by atoms with van der Waals surface area (Å²) in [5, 5.41) is 0. The number of rotatable bonds is 2. The van der Waals surface area contributed by atoms with Crippen molar-refractivity contribution in [2.45, 2.75) is 33.1 Å². The van der Waals surface area contributed by atoms with Crippen molar-refractivity contribution in [3.05, 3.63) is 11.6 Å². The fraction of sp³-hybridized carbons (Fsp3) is 0.818. The first-order valence-corrected chi connectivity index (χ1v) is 5.05. The van der Waals surface area contributed by atoms with Crippen LogP contribution in [0.4, 0.5) is 0 Å². The molecule has 1 saturated carbocycles. The van der Waals surface area contributed by atoms with Gasteiger partial charge in [0.2, 0.25) is 0 Å².